The summed E-state index contributed by atoms with van der Waals surface area (Å²) in [5.41, 5.74) is 1.22. The molecule has 3 heteroatoms. The zero-order valence-electron chi connectivity index (χ0n) is 13.7. The number of aromatic nitrogens is 2. The molecule has 2 aliphatic carbocycles. The summed E-state index contributed by atoms with van der Waals surface area (Å²) in [6.07, 6.45) is 17.1. The third kappa shape index (κ3) is 3.61. The minimum absolute atomic E-state index is 0.445. The van der Waals surface area contributed by atoms with Crippen molar-refractivity contribution in [2.24, 2.45) is 11.8 Å². The van der Waals surface area contributed by atoms with Crippen LogP contribution in [0.25, 0.3) is 0 Å². The van der Waals surface area contributed by atoms with Gasteiger partial charge in [-0.15, -0.1) is 0 Å². The second-order valence-electron chi connectivity index (χ2n) is 7.40. The molecule has 0 spiro atoms. The van der Waals surface area contributed by atoms with Crippen LogP contribution in [0.15, 0.2) is 12.4 Å². The number of rotatable bonds is 4. The molecule has 2 unspecified atom stereocenters. The predicted octanol–water partition coefficient (Wildman–Crippen LogP) is 5.02. The zero-order valence-corrected chi connectivity index (χ0v) is 13.7. The van der Waals surface area contributed by atoms with Gasteiger partial charge < -0.3 is 5.32 Å². The van der Waals surface area contributed by atoms with Gasteiger partial charge in [0.1, 0.15) is 0 Å². The summed E-state index contributed by atoms with van der Waals surface area (Å²) in [5.74, 6) is 1.86. The molecule has 0 radical (unpaired) electrons. The highest BCUT2D eigenvalue weighted by molar-refractivity contribution is 5.39. The van der Waals surface area contributed by atoms with Crippen LogP contribution in [0.3, 0.4) is 0 Å². The highest BCUT2D eigenvalue weighted by Gasteiger charge is 2.32. The van der Waals surface area contributed by atoms with Crippen LogP contribution in [-0.4, -0.2) is 15.8 Å². The maximum absolute atomic E-state index is 4.47. The first-order valence-electron chi connectivity index (χ1n) is 9.04. The fourth-order valence-electron chi connectivity index (χ4n) is 4.37. The Morgan fingerprint density at radius 3 is 2.48 bits per heavy atom. The summed E-state index contributed by atoms with van der Waals surface area (Å²) >= 11 is 0. The lowest BCUT2D eigenvalue weighted by Gasteiger charge is -2.39. The normalized spacial score (nSPS) is 28.0. The van der Waals surface area contributed by atoms with E-state index in [2.05, 4.69) is 35.1 Å². The molecule has 0 bridgehead atoms. The number of nitrogens with zero attached hydrogens (tertiary/aromatic N) is 2. The van der Waals surface area contributed by atoms with E-state index in [1.165, 1.54) is 63.5 Å². The van der Waals surface area contributed by atoms with Crippen LogP contribution < -0.4 is 5.32 Å². The van der Waals surface area contributed by atoms with Gasteiger partial charge >= 0.3 is 0 Å². The Bertz CT molecular complexity index is 431. The molecular formula is C18H31N3. The second kappa shape index (κ2) is 6.85. The first kappa shape index (κ1) is 14.9. The number of hydrogen-bond acceptors (Lipinski definition) is 2. The summed E-state index contributed by atoms with van der Waals surface area (Å²) in [5, 5.41) is 8.29. The molecule has 0 aliphatic heterocycles. The van der Waals surface area contributed by atoms with E-state index in [9.17, 15) is 0 Å². The summed E-state index contributed by atoms with van der Waals surface area (Å²) in [7, 11) is 0. The predicted molar refractivity (Wildman–Crippen MR) is 88.6 cm³/mol. The van der Waals surface area contributed by atoms with Gasteiger partial charge in [0.2, 0.25) is 0 Å². The molecule has 1 N–H and O–H groups in total. The Morgan fingerprint density at radius 2 is 1.76 bits per heavy atom. The van der Waals surface area contributed by atoms with E-state index in [-0.39, 0.29) is 0 Å². The topological polar surface area (TPSA) is 29.9 Å². The summed E-state index contributed by atoms with van der Waals surface area (Å²) in [6.45, 7) is 4.37. The molecule has 118 valence electrons. The molecule has 0 aromatic carbocycles. The smallest absolute Gasteiger partial charge is 0.0728 e. The van der Waals surface area contributed by atoms with Crippen molar-refractivity contribution in [2.75, 3.05) is 5.32 Å². The lowest BCUT2D eigenvalue weighted by molar-refractivity contribution is 0.180. The SMILES string of the molecule is CC(C)n1cc(NC2CCCCC2C2CCCCC2)cn1. The second-order valence-corrected chi connectivity index (χ2v) is 7.40. The highest BCUT2D eigenvalue weighted by Crippen LogP contribution is 2.39. The fourth-order valence-corrected chi connectivity index (χ4v) is 4.37. The van der Waals surface area contributed by atoms with Crippen LogP contribution in [0.2, 0.25) is 0 Å². The monoisotopic (exact) mass is 289 g/mol. The highest BCUT2D eigenvalue weighted by atomic mass is 15.3. The van der Waals surface area contributed by atoms with Gasteiger partial charge in [0.15, 0.2) is 0 Å². The van der Waals surface area contributed by atoms with Gasteiger partial charge in [-0.1, -0.05) is 44.9 Å². The fraction of sp³-hybridized carbons (Fsp3) is 0.833. The van der Waals surface area contributed by atoms with Crippen molar-refractivity contribution in [3.63, 3.8) is 0 Å². The van der Waals surface area contributed by atoms with Crippen molar-refractivity contribution in [3.05, 3.63) is 12.4 Å². The number of nitrogens with one attached hydrogen (secondary N) is 1. The maximum atomic E-state index is 4.47. The first-order valence-corrected chi connectivity index (χ1v) is 9.04. The van der Waals surface area contributed by atoms with Gasteiger partial charge in [0, 0.05) is 18.3 Å². The summed E-state index contributed by atoms with van der Waals surface area (Å²) < 4.78 is 2.06. The Morgan fingerprint density at radius 1 is 1.05 bits per heavy atom. The molecule has 3 nitrogen and oxygen atoms in total. The summed E-state index contributed by atoms with van der Waals surface area (Å²) in [6, 6.07) is 1.12. The van der Waals surface area contributed by atoms with Crippen LogP contribution in [0.1, 0.15) is 77.7 Å². The van der Waals surface area contributed by atoms with E-state index in [0.29, 0.717) is 12.1 Å². The number of hydrogen-bond donors (Lipinski definition) is 1. The van der Waals surface area contributed by atoms with Gasteiger partial charge in [0.25, 0.3) is 0 Å². The Labute approximate surface area is 129 Å². The Hall–Kier alpha value is -0.990. The van der Waals surface area contributed by atoms with Crippen LogP contribution in [0.5, 0.6) is 0 Å². The molecule has 1 heterocycles. The zero-order chi connectivity index (χ0) is 14.7. The molecule has 2 saturated carbocycles. The van der Waals surface area contributed by atoms with Crippen LogP contribution in [0, 0.1) is 11.8 Å². The molecule has 2 aliphatic rings. The van der Waals surface area contributed by atoms with Gasteiger partial charge in [-0.3, -0.25) is 4.68 Å². The third-order valence-electron chi connectivity index (χ3n) is 5.56. The van der Waals surface area contributed by atoms with E-state index < -0.39 is 0 Å². The molecule has 1 aromatic rings. The van der Waals surface area contributed by atoms with Crippen LogP contribution >= 0.6 is 0 Å². The van der Waals surface area contributed by atoms with E-state index >= 15 is 0 Å². The largest absolute Gasteiger partial charge is 0.379 e. The minimum atomic E-state index is 0.445. The standard InChI is InChI=1S/C18H31N3/c1-14(2)21-13-16(12-19-21)20-18-11-7-6-10-17(18)15-8-4-3-5-9-15/h12-15,17-18,20H,3-11H2,1-2H3. The van der Waals surface area contributed by atoms with Crippen molar-refractivity contribution < 1.29 is 0 Å². The Balaban J connectivity index is 1.65. The molecule has 3 rings (SSSR count). The Kier molecular flexibility index (Phi) is 4.87. The van der Waals surface area contributed by atoms with Crippen molar-refractivity contribution >= 4 is 5.69 Å². The molecule has 2 atom stereocenters. The van der Waals surface area contributed by atoms with Crippen molar-refractivity contribution in [3.8, 4) is 0 Å². The molecule has 21 heavy (non-hydrogen) atoms. The van der Waals surface area contributed by atoms with E-state index in [4.69, 9.17) is 0 Å². The molecule has 1 aromatic heterocycles. The van der Waals surface area contributed by atoms with Crippen molar-refractivity contribution in [1.29, 1.82) is 0 Å². The molecule has 0 amide bonds. The lowest BCUT2D eigenvalue weighted by Crippen LogP contribution is -2.37. The van der Waals surface area contributed by atoms with Crippen LogP contribution in [0.4, 0.5) is 5.69 Å². The molecular weight excluding hydrogens is 258 g/mol. The minimum Gasteiger partial charge on any atom is -0.379 e. The van der Waals surface area contributed by atoms with Crippen LogP contribution in [-0.2, 0) is 0 Å². The van der Waals surface area contributed by atoms with E-state index in [1.54, 1.807) is 0 Å². The van der Waals surface area contributed by atoms with E-state index in [0.717, 1.165) is 11.8 Å². The van der Waals surface area contributed by atoms with Gasteiger partial charge in [-0.25, -0.2) is 0 Å². The first-order chi connectivity index (χ1) is 10.2. The number of anilines is 1. The molecule has 2 fully saturated rings. The third-order valence-corrected chi connectivity index (χ3v) is 5.56. The average molecular weight is 289 g/mol. The van der Waals surface area contributed by atoms with Gasteiger partial charge in [-0.2, -0.15) is 5.10 Å². The summed E-state index contributed by atoms with van der Waals surface area (Å²) in [4.78, 5) is 0. The molecule has 0 saturated heterocycles. The van der Waals surface area contributed by atoms with Gasteiger partial charge in [-0.05, 0) is 38.5 Å². The quantitative estimate of drug-likeness (QED) is 0.844. The lowest BCUT2D eigenvalue weighted by atomic mass is 9.71. The average Bonchev–Trinajstić information content (AvgIpc) is 2.98. The van der Waals surface area contributed by atoms with Crippen molar-refractivity contribution in [2.45, 2.75) is 83.7 Å². The van der Waals surface area contributed by atoms with Crippen molar-refractivity contribution in [1.82, 2.24) is 9.78 Å². The maximum Gasteiger partial charge on any atom is 0.0728 e. The van der Waals surface area contributed by atoms with E-state index in [1.807, 2.05) is 6.20 Å². The van der Waals surface area contributed by atoms with Gasteiger partial charge in [0.05, 0.1) is 11.9 Å².